The van der Waals surface area contributed by atoms with Crippen LogP contribution in [-0.2, 0) is 31.5 Å². The average molecular weight is 715 g/mol. The van der Waals surface area contributed by atoms with Crippen LogP contribution in [0.5, 0.6) is 11.5 Å². The van der Waals surface area contributed by atoms with Gasteiger partial charge in [0.2, 0.25) is 11.8 Å². The van der Waals surface area contributed by atoms with E-state index >= 15 is 0 Å². The Labute approximate surface area is 294 Å². The fourth-order valence-corrected chi connectivity index (χ4v) is 4.37. The van der Waals surface area contributed by atoms with Crippen molar-refractivity contribution in [1.29, 1.82) is 0 Å². The topological polar surface area (TPSA) is 147 Å². The Morgan fingerprint density at radius 3 is 2.04 bits per heavy atom. The number of carbonyl (C=O) groups excluding carboxylic acids is 4. The molecule has 1 saturated carbocycles. The Morgan fingerprint density at radius 1 is 1.00 bits per heavy atom. The van der Waals surface area contributed by atoms with Crippen molar-refractivity contribution in [1.82, 2.24) is 10.3 Å². The first-order valence-electron chi connectivity index (χ1n) is 14.5. The van der Waals surface area contributed by atoms with Crippen LogP contribution < -0.4 is 20.7 Å². The van der Waals surface area contributed by atoms with Crippen LogP contribution in [0.4, 0.5) is 15.8 Å². The van der Waals surface area contributed by atoms with Gasteiger partial charge in [0.15, 0.2) is 0 Å². The van der Waals surface area contributed by atoms with Gasteiger partial charge in [-0.05, 0) is 105 Å². The quantitative estimate of drug-likeness (QED) is 0.0487. The largest absolute Gasteiger partial charge is 0.457 e. The first-order valence-corrected chi connectivity index (χ1v) is 15.4. The molecule has 0 aliphatic heterocycles. The summed E-state index contributed by atoms with van der Waals surface area (Å²) in [6.45, 7) is 3.41. The predicted molar refractivity (Wildman–Crippen MR) is 183 cm³/mol. The number of aliphatic hydroxyl groups is 1. The molecule has 1 heterocycles. The number of aryl methyl sites for hydroxylation is 1. The maximum absolute atomic E-state index is 13.1. The summed E-state index contributed by atoms with van der Waals surface area (Å²) >= 11 is 3.53. The van der Waals surface area contributed by atoms with Gasteiger partial charge in [0.05, 0.1) is 5.52 Å². The maximum Gasteiger partial charge on any atom is 0.251 e. The number of aromatic nitrogens is 1. The minimum Gasteiger partial charge on any atom is -0.457 e. The van der Waals surface area contributed by atoms with E-state index in [4.69, 9.17) is 9.84 Å². The molecule has 0 bridgehead atoms. The van der Waals surface area contributed by atoms with Crippen molar-refractivity contribution < 1.29 is 50.5 Å². The normalized spacial score (nSPS) is 12.9. The molecule has 1 atom stereocenters. The zero-order chi connectivity index (χ0) is 34.6. The number of pyridine rings is 1. The monoisotopic (exact) mass is 714 g/mol. The minimum absolute atomic E-state index is 0. The molecule has 0 saturated heterocycles. The third-order valence-corrected chi connectivity index (χ3v) is 7.02. The molecule has 4 aromatic rings. The molecule has 1 unspecified atom stereocenters. The Bertz CT molecular complexity index is 1750. The van der Waals surface area contributed by atoms with Crippen LogP contribution in [0.25, 0.3) is 10.9 Å². The van der Waals surface area contributed by atoms with Gasteiger partial charge in [0.25, 0.3) is 5.91 Å². The zero-order valence-corrected chi connectivity index (χ0v) is 28.8. The van der Waals surface area contributed by atoms with E-state index in [1.165, 1.54) is 36.6 Å². The molecule has 1 aliphatic carbocycles. The van der Waals surface area contributed by atoms with Crippen LogP contribution in [0, 0.1) is 18.2 Å². The molecule has 1 aromatic heterocycles. The van der Waals surface area contributed by atoms with Gasteiger partial charge in [0, 0.05) is 58.7 Å². The van der Waals surface area contributed by atoms with Crippen molar-refractivity contribution in [3.63, 3.8) is 0 Å². The van der Waals surface area contributed by atoms with E-state index in [0.717, 1.165) is 11.6 Å². The van der Waals surface area contributed by atoms with Gasteiger partial charge in [-0.3, -0.25) is 19.4 Å². The summed E-state index contributed by atoms with van der Waals surface area (Å²) in [6, 6.07) is 17.5. The number of ether oxygens (including phenoxy) is 1. The zero-order valence-electron chi connectivity index (χ0n) is 26.7. The number of nitrogens with one attached hydrogen (secondary N) is 3. The van der Waals surface area contributed by atoms with Crippen LogP contribution in [0.15, 0.2) is 85.1 Å². The fourth-order valence-electron chi connectivity index (χ4n) is 4.37. The van der Waals surface area contributed by atoms with Gasteiger partial charge in [0.1, 0.15) is 22.7 Å². The first-order chi connectivity index (χ1) is 22.6. The summed E-state index contributed by atoms with van der Waals surface area (Å²) in [5, 5.41) is 17.2. The van der Waals surface area contributed by atoms with Gasteiger partial charge >= 0.3 is 0 Å². The Balaban J connectivity index is 0.000000713. The molecule has 253 valence electrons. The smallest absolute Gasteiger partial charge is 0.251 e. The number of amides is 3. The number of thiol groups is 1. The standard InChI is InChI=1S/C29H25FN4O4.C5H7O2.CH4S.Mn/c1-17-15-24-23(16-22(17)26(35)31-2)25(11-14-32-24)38-21-9-7-20(8-10-21)34-28(37)29(12-13-29)27(36)33-19-5-3-18(30)4-6-19;1-5(7)3-2-4-6;1-2;/h3-11,14-16H,12-13H2,1-2H3,(H,31,35)(H,33,36)(H,34,37);2-3,5,7H,1H3;2H,1H3;/q;-1;;/b;3-2+;;. The van der Waals surface area contributed by atoms with Crippen LogP contribution in [0.1, 0.15) is 35.7 Å². The SMILES string of the molecule is CC(O)/C=C/[C-]=O.CNC(=O)c1cc2c(Oc3ccc(NC(=O)C4(C(=O)Nc5ccc(F)cc5)CC4)cc3)ccnc2cc1C.CS.[Mn]. The van der Waals surface area contributed by atoms with E-state index < -0.39 is 29.2 Å². The fraction of sp³-hybridized carbons (Fsp3) is 0.229. The number of anilines is 2. The molecule has 1 fully saturated rings. The molecule has 3 aromatic carbocycles. The summed E-state index contributed by atoms with van der Waals surface area (Å²) in [7, 11) is 1.58. The van der Waals surface area contributed by atoms with Crippen molar-refractivity contribution in [2.75, 3.05) is 23.9 Å². The van der Waals surface area contributed by atoms with Gasteiger partial charge in [-0.15, -0.1) is 0 Å². The third-order valence-electron chi connectivity index (χ3n) is 7.02. The van der Waals surface area contributed by atoms with Gasteiger partial charge in [-0.25, -0.2) is 10.5 Å². The predicted octanol–water partition coefficient (Wildman–Crippen LogP) is 5.77. The molecule has 10 nitrogen and oxygen atoms in total. The maximum atomic E-state index is 13.1. The van der Waals surface area contributed by atoms with Gasteiger partial charge < -0.3 is 30.6 Å². The number of benzene rings is 3. The summed E-state index contributed by atoms with van der Waals surface area (Å²) < 4.78 is 19.2. The number of carbonyl (C=O) groups is 3. The number of rotatable bonds is 9. The average Bonchev–Trinajstić information content (AvgIpc) is 3.89. The second-order valence-corrected chi connectivity index (χ2v) is 10.4. The number of aliphatic hydroxyl groups excluding tert-OH is 1. The van der Waals surface area contributed by atoms with E-state index in [1.807, 2.05) is 13.0 Å². The van der Waals surface area contributed by atoms with E-state index in [1.54, 1.807) is 62.8 Å². The summed E-state index contributed by atoms with van der Waals surface area (Å²) in [6.07, 6.45) is 7.66. The van der Waals surface area contributed by atoms with Crippen molar-refractivity contribution in [3.8, 4) is 11.5 Å². The second kappa shape index (κ2) is 18.7. The van der Waals surface area contributed by atoms with Crippen molar-refractivity contribution >= 4 is 58.9 Å². The van der Waals surface area contributed by atoms with Crippen LogP contribution >= 0.6 is 12.6 Å². The molecule has 3 amide bonds. The molecule has 5 rings (SSSR count). The van der Waals surface area contributed by atoms with E-state index in [-0.39, 0.29) is 23.0 Å². The molecular formula is C35H36FMnN4O6S-. The van der Waals surface area contributed by atoms with Crippen molar-refractivity contribution in [3.05, 3.63) is 102 Å². The van der Waals surface area contributed by atoms with E-state index in [9.17, 15) is 23.6 Å². The number of allylic oxidation sites excluding steroid dienone is 1. The minimum atomic E-state index is -1.15. The number of halogens is 1. The van der Waals surface area contributed by atoms with E-state index in [0.29, 0.717) is 52.2 Å². The Hall–Kier alpha value is -4.55. The first kappa shape index (κ1) is 39.6. The van der Waals surface area contributed by atoms with E-state index in [2.05, 4.69) is 33.6 Å². The number of hydrogen-bond acceptors (Lipinski definition) is 8. The Morgan fingerprint density at radius 2 is 1.56 bits per heavy atom. The molecule has 4 N–H and O–H groups in total. The van der Waals surface area contributed by atoms with Crippen molar-refractivity contribution in [2.24, 2.45) is 5.41 Å². The number of nitrogens with zero attached hydrogens (tertiary/aromatic N) is 1. The van der Waals surface area contributed by atoms with Crippen LogP contribution in [0.2, 0.25) is 0 Å². The second-order valence-electron chi connectivity index (χ2n) is 10.4. The Kier molecular flexibility index (Phi) is 15.4. The summed E-state index contributed by atoms with van der Waals surface area (Å²) in [5.74, 6) is -0.367. The molecule has 13 heteroatoms. The molecule has 0 spiro atoms. The van der Waals surface area contributed by atoms with Crippen molar-refractivity contribution in [2.45, 2.75) is 32.8 Å². The summed E-state index contributed by atoms with van der Waals surface area (Å²) in [5.41, 5.74) is 1.83. The van der Waals surface area contributed by atoms with Gasteiger partial charge in [-0.2, -0.15) is 18.7 Å². The van der Waals surface area contributed by atoms with Crippen LogP contribution in [-0.4, -0.2) is 53.5 Å². The van der Waals surface area contributed by atoms with Crippen LogP contribution in [0.3, 0.4) is 0 Å². The number of hydrogen-bond donors (Lipinski definition) is 5. The number of fused-ring (bicyclic) bond motifs is 1. The molecule has 48 heavy (non-hydrogen) atoms. The molecule has 1 radical (unpaired) electrons. The molecule has 1 aliphatic rings. The molecular weight excluding hydrogens is 678 g/mol. The van der Waals surface area contributed by atoms with Gasteiger partial charge in [-0.1, -0.05) is 6.92 Å². The third kappa shape index (κ3) is 10.5. The summed E-state index contributed by atoms with van der Waals surface area (Å²) in [4.78, 5) is 51.7.